The average Bonchev–Trinajstić information content (AvgIpc) is 3.26. The van der Waals surface area contributed by atoms with Crippen LogP contribution in [0.25, 0.3) is 16.9 Å². The Hall–Kier alpha value is -3.66. The average molecular weight is 507 g/mol. The number of likely N-dealkylation sites (tertiary alicyclic amines) is 1. The number of hydrogen-bond acceptors (Lipinski definition) is 4. The topological polar surface area (TPSA) is 74.6 Å². The van der Waals surface area contributed by atoms with Gasteiger partial charge < -0.3 is 15.5 Å². The van der Waals surface area contributed by atoms with E-state index in [4.69, 9.17) is 19.4 Å². The van der Waals surface area contributed by atoms with Crippen LogP contribution in [0.3, 0.4) is 0 Å². The van der Waals surface area contributed by atoms with Crippen LogP contribution in [-0.2, 0) is 0 Å². The van der Waals surface area contributed by atoms with E-state index >= 15 is 0 Å². The number of nitrogens with zero attached hydrogens (tertiary/aromatic N) is 4. The lowest BCUT2D eigenvalue weighted by molar-refractivity contribution is 0.180. The maximum Gasteiger partial charge on any atom is 0.321 e. The molecule has 0 saturated carbocycles. The third-order valence-electron chi connectivity index (χ3n) is 6.20. The lowest BCUT2D eigenvalue weighted by atomic mass is 9.98. The normalized spacial score (nSPS) is 15.8. The van der Waals surface area contributed by atoms with Gasteiger partial charge in [0.25, 0.3) is 0 Å². The minimum Gasteiger partial charge on any atom is -0.370 e. The molecule has 1 atom stereocenters. The number of hydrogen-bond donors (Lipinski definition) is 2. The van der Waals surface area contributed by atoms with Gasteiger partial charge in [-0.25, -0.2) is 18.6 Å². The number of rotatable bonds is 5. The van der Waals surface area contributed by atoms with Crippen LogP contribution in [-0.4, -0.2) is 53.0 Å². The van der Waals surface area contributed by atoms with Crippen molar-refractivity contribution in [2.24, 2.45) is 5.92 Å². The van der Waals surface area contributed by atoms with E-state index in [0.717, 1.165) is 30.5 Å². The fraction of sp³-hybridized carbons (Fsp3) is 0.240. The molecule has 0 spiro atoms. The van der Waals surface area contributed by atoms with Crippen LogP contribution in [0.4, 0.5) is 25.1 Å². The number of piperidine rings is 1. The van der Waals surface area contributed by atoms with Gasteiger partial charge in [-0.2, -0.15) is 9.61 Å². The molecule has 1 unspecified atom stereocenters. The molecule has 2 aromatic carbocycles. The second-order valence-corrected chi connectivity index (χ2v) is 9.14. The Morgan fingerprint density at radius 2 is 2.00 bits per heavy atom. The highest BCUT2D eigenvalue weighted by Gasteiger charge is 2.24. The predicted octanol–water partition coefficient (Wildman–Crippen LogP) is 4.48. The van der Waals surface area contributed by atoms with Crippen molar-refractivity contribution in [3.63, 3.8) is 0 Å². The van der Waals surface area contributed by atoms with Crippen LogP contribution in [0.15, 0.2) is 54.7 Å². The molecule has 36 heavy (non-hydrogen) atoms. The number of anilines is 2. The highest BCUT2D eigenvalue weighted by atomic mass is 35.5. The number of aromatic nitrogens is 3. The zero-order valence-electron chi connectivity index (χ0n) is 19.2. The van der Waals surface area contributed by atoms with Crippen molar-refractivity contribution >= 4 is 48.1 Å². The zero-order valence-corrected chi connectivity index (χ0v) is 20.0. The van der Waals surface area contributed by atoms with E-state index in [1.807, 2.05) is 24.3 Å². The van der Waals surface area contributed by atoms with Gasteiger partial charge in [-0.15, -0.1) is 0 Å². The second kappa shape index (κ2) is 10.1. The smallest absolute Gasteiger partial charge is 0.321 e. The lowest BCUT2D eigenvalue weighted by Gasteiger charge is -2.33. The summed E-state index contributed by atoms with van der Waals surface area (Å²) in [6.45, 7) is 1.67. The summed E-state index contributed by atoms with van der Waals surface area (Å²) in [5.41, 5.74) is 2.62. The summed E-state index contributed by atoms with van der Waals surface area (Å²) < 4.78 is 28.3. The van der Waals surface area contributed by atoms with Crippen LogP contribution in [0.1, 0.15) is 12.8 Å². The fourth-order valence-corrected chi connectivity index (χ4v) is 4.59. The Balaban J connectivity index is 1.30. The van der Waals surface area contributed by atoms with Gasteiger partial charge in [0, 0.05) is 54.2 Å². The Morgan fingerprint density at radius 3 is 2.81 bits per heavy atom. The molecule has 7 nitrogen and oxygen atoms in total. The van der Waals surface area contributed by atoms with Crippen molar-refractivity contribution in [1.29, 1.82) is 0 Å². The summed E-state index contributed by atoms with van der Waals surface area (Å²) in [6, 6.07) is 12.3. The largest absolute Gasteiger partial charge is 0.370 e. The first-order valence-electron chi connectivity index (χ1n) is 11.5. The molecule has 3 heterocycles. The zero-order chi connectivity index (χ0) is 25.2. The summed E-state index contributed by atoms with van der Waals surface area (Å²) in [6.07, 6.45) is 3.30. The molecule has 1 saturated heterocycles. The summed E-state index contributed by atoms with van der Waals surface area (Å²) in [7, 11) is 6.10. The van der Waals surface area contributed by atoms with E-state index < -0.39 is 11.6 Å². The second-order valence-electron chi connectivity index (χ2n) is 8.74. The molecular formula is C25H22BClF2N6O. The van der Waals surface area contributed by atoms with Crippen molar-refractivity contribution in [3.05, 3.63) is 71.4 Å². The first-order chi connectivity index (χ1) is 17.4. The van der Waals surface area contributed by atoms with E-state index in [-0.39, 0.29) is 17.6 Å². The molecule has 2 N–H and O–H groups in total. The number of urea groups is 1. The molecule has 182 valence electrons. The number of carbonyl (C=O) groups is 1. The Morgan fingerprint density at radius 1 is 1.17 bits per heavy atom. The molecule has 0 bridgehead atoms. The van der Waals surface area contributed by atoms with Crippen LogP contribution in [0.5, 0.6) is 0 Å². The van der Waals surface area contributed by atoms with E-state index in [2.05, 4.69) is 20.7 Å². The quantitative estimate of drug-likeness (QED) is 0.392. The number of nitrogens with one attached hydrogen (secondary N) is 2. The molecule has 2 aromatic heterocycles. The van der Waals surface area contributed by atoms with Crippen molar-refractivity contribution in [3.8, 4) is 11.3 Å². The maximum atomic E-state index is 13.5. The minimum atomic E-state index is -1.01. The molecule has 2 radical (unpaired) electrons. The number of carbonyl (C=O) groups excluding carboxylic acids is 1. The van der Waals surface area contributed by atoms with Crippen LogP contribution in [0, 0.1) is 17.6 Å². The van der Waals surface area contributed by atoms with Gasteiger partial charge in [0.05, 0.1) is 5.69 Å². The van der Waals surface area contributed by atoms with Gasteiger partial charge in [-0.05, 0) is 42.4 Å². The molecule has 5 rings (SSSR count). The van der Waals surface area contributed by atoms with E-state index in [1.54, 1.807) is 21.7 Å². The monoisotopic (exact) mass is 506 g/mol. The van der Waals surface area contributed by atoms with Gasteiger partial charge in [-0.1, -0.05) is 29.8 Å². The summed E-state index contributed by atoms with van der Waals surface area (Å²) in [5, 5.41) is 11.0. The lowest BCUT2D eigenvalue weighted by Crippen LogP contribution is -2.44. The molecule has 1 aliphatic rings. The fourth-order valence-electron chi connectivity index (χ4n) is 4.35. The molecule has 2 amide bonds. The molecule has 1 aliphatic heterocycles. The van der Waals surface area contributed by atoms with Crippen molar-refractivity contribution in [2.75, 3.05) is 30.3 Å². The molecular weight excluding hydrogens is 485 g/mol. The van der Waals surface area contributed by atoms with Gasteiger partial charge >= 0.3 is 6.03 Å². The van der Waals surface area contributed by atoms with E-state index in [0.29, 0.717) is 47.3 Å². The molecule has 11 heteroatoms. The third-order valence-corrected chi connectivity index (χ3v) is 6.53. The van der Waals surface area contributed by atoms with E-state index in [1.165, 1.54) is 6.07 Å². The molecule has 1 fully saturated rings. The first kappa shape index (κ1) is 24.1. The number of benzene rings is 2. The Bertz CT molecular complexity index is 1430. The number of amides is 2. The van der Waals surface area contributed by atoms with E-state index in [9.17, 15) is 13.6 Å². The maximum absolute atomic E-state index is 13.5. The van der Waals surface area contributed by atoms with Crippen LogP contribution in [0.2, 0.25) is 5.02 Å². The summed E-state index contributed by atoms with van der Waals surface area (Å²) >= 11 is 6.40. The van der Waals surface area contributed by atoms with Gasteiger partial charge in [0.1, 0.15) is 13.7 Å². The molecule has 0 aliphatic carbocycles. The van der Waals surface area contributed by atoms with Crippen molar-refractivity contribution in [2.45, 2.75) is 12.8 Å². The first-order valence-corrected chi connectivity index (χ1v) is 11.9. The van der Waals surface area contributed by atoms with Gasteiger partial charge in [-0.3, -0.25) is 0 Å². The van der Waals surface area contributed by atoms with Crippen molar-refractivity contribution in [1.82, 2.24) is 19.5 Å². The summed E-state index contributed by atoms with van der Waals surface area (Å²) in [5.74, 6) is -1.10. The van der Waals surface area contributed by atoms with Crippen LogP contribution >= 0.6 is 11.6 Å². The van der Waals surface area contributed by atoms with Gasteiger partial charge in [0.15, 0.2) is 17.3 Å². The SMILES string of the molecule is [B]c1cnn2c(NCC3CCCN(C(=O)Nc4ccc(F)c(F)c4)C3)cc(-c3ccccc3Cl)nc12. The van der Waals surface area contributed by atoms with Crippen molar-refractivity contribution < 1.29 is 13.6 Å². The number of halogens is 3. The highest BCUT2D eigenvalue weighted by Crippen LogP contribution is 2.28. The number of fused-ring (bicyclic) bond motifs is 1. The standard InChI is InChI=1S/C25H22BClF2N6O/c26-18-13-31-35-23(11-22(33-24(18)35)17-5-1-2-6-19(17)27)30-12-15-4-3-9-34(14-15)25(36)32-16-7-8-20(28)21(29)10-16/h1-2,5-8,10-11,13,15,30H,3-4,9,12,14H2,(H,32,36). The Labute approximate surface area is 212 Å². The predicted molar refractivity (Wildman–Crippen MR) is 137 cm³/mol. The minimum absolute atomic E-state index is 0.161. The van der Waals surface area contributed by atoms with Crippen LogP contribution < -0.4 is 16.1 Å². The third kappa shape index (κ3) is 4.99. The Kier molecular flexibility index (Phi) is 6.78. The molecule has 4 aromatic rings. The summed E-state index contributed by atoms with van der Waals surface area (Å²) in [4.78, 5) is 19.1. The van der Waals surface area contributed by atoms with Gasteiger partial charge in [0.2, 0.25) is 0 Å². The highest BCUT2D eigenvalue weighted by molar-refractivity contribution is 6.36.